The first-order valence-corrected chi connectivity index (χ1v) is 10.8. The molecule has 3 aromatic rings. The molecule has 1 atom stereocenters. The quantitative estimate of drug-likeness (QED) is 0.561. The van der Waals surface area contributed by atoms with Crippen molar-refractivity contribution in [3.05, 3.63) is 77.2 Å². The van der Waals surface area contributed by atoms with Crippen molar-refractivity contribution in [2.75, 3.05) is 20.8 Å². The summed E-state index contributed by atoms with van der Waals surface area (Å²) >= 11 is 0. The van der Waals surface area contributed by atoms with Crippen LogP contribution in [0.15, 0.2) is 63.9 Å². The fourth-order valence-corrected chi connectivity index (χ4v) is 4.15. The summed E-state index contributed by atoms with van der Waals surface area (Å²) in [4.78, 5) is 13.1. The number of hydrogen-bond acceptors (Lipinski definition) is 5. The van der Waals surface area contributed by atoms with E-state index in [9.17, 15) is 9.00 Å². The van der Waals surface area contributed by atoms with Crippen molar-refractivity contribution in [2.24, 2.45) is 0 Å². The molecule has 0 fully saturated rings. The number of methoxy groups -OCH3 is 2. The molecule has 158 valence electrons. The van der Waals surface area contributed by atoms with Crippen molar-refractivity contribution in [3.8, 4) is 11.5 Å². The molecular weight excluding hydrogens is 402 g/mol. The Morgan fingerprint density at radius 3 is 2.63 bits per heavy atom. The van der Waals surface area contributed by atoms with E-state index in [0.29, 0.717) is 18.7 Å². The molecule has 0 spiro atoms. The van der Waals surface area contributed by atoms with Crippen LogP contribution in [0.5, 0.6) is 11.5 Å². The van der Waals surface area contributed by atoms with E-state index >= 15 is 0 Å². The van der Waals surface area contributed by atoms with E-state index in [2.05, 4.69) is 5.32 Å². The summed E-state index contributed by atoms with van der Waals surface area (Å²) in [6.07, 6.45) is 0.580. The fourth-order valence-electron chi connectivity index (χ4n) is 3.02. The number of ether oxygens (including phenoxy) is 2. The first-order chi connectivity index (χ1) is 14.5. The van der Waals surface area contributed by atoms with E-state index in [0.717, 1.165) is 27.5 Å². The maximum Gasteiger partial charge on any atom is 0.287 e. The standard InChI is InChI=1S/C23H25NO5S/c1-16-5-4-6-20(13-16)30(26)15-19-8-10-22(29-19)23(25)24-12-11-17-14-18(27-2)7-9-21(17)28-3/h4-10,13-14H,11-12,15H2,1-3H3,(H,24,25). The molecule has 0 bridgehead atoms. The highest BCUT2D eigenvalue weighted by molar-refractivity contribution is 7.84. The second-order valence-electron chi connectivity index (χ2n) is 6.76. The average molecular weight is 428 g/mol. The van der Waals surface area contributed by atoms with Gasteiger partial charge in [0.25, 0.3) is 5.91 Å². The van der Waals surface area contributed by atoms with Crippen LogP contribution in [0.3, 0.4) is 0 Å². The maximum absolute atomic E-state index is 12.5. The molecule has 1 unspecified atom stereocenters. The van der Waals surface area contributed by atoms with E-state index < -0.39 is 10.8 Å². The van der Waals surface area contributed by atoms with Crippen LogP contribution in [0, 0.1) is 6.92 Å². The van der Waals surface area contributed by atoms with Crippen molar-refractivity contribution < 1.29 is 22.9 Å². The fraction of sp³-hybridized carbons (Fsp3) is 0.261. The third-order valence-corrected chi connectivity index (χ3v) is 5.91. The molecule has 0 aliphatic carbocycles. The number of amides is 1. The molecule has 2 aromatic carbocycles. The summed E-state index contributed by atoms with van der Waals surface area (Å²) in [6, 6.07) is 16.4. The predicted molar refractivity (Wildman–Crippen MR) is 116 cm³/mol. The highest BCUT2D eigenvalue weighted by Gasteiger charge is 2.14. The Bertz CT molecular complexity index is 1040. The van der Waals surface area contributed by atoms with Crippen molar-refractivity contribution in [3.63, 3.8) is 0 Å². The van der Waals surface area contributed by atoms with Gasteiger partial charge >= 0.3 is 0 Å². The van der Waals surface area contributed by atoms with Crippen LogP contribution in [-0.2, 0) is 23.0 Å². The lowest BCUT2D eigenvalue weighted by molar-refractivity contribution is 0.0925. The van der Waals surface area contributed by atoms with Gasteiger partial charge in [-0.1, -0.05) is 12.1 Å². The third kappa shape index (κ3) is 5.51. The lowest BCUT2D eigenvalue weighted by Gasteiger charge is -2.10. The van der Waals surface area contributed by atoms with Gasteiger partial charge in [-0.2, -0.15) is 0 Å². The number of benzene rings is 2. The zero-order valence-electron chi connectivity index (χ0n) is 17.3. The van der Waals surface area contributed by atoms with Gasteiger partial charge in [-0.3, -0.25) is 9.00 Å². The summed E-state index contributed by atoms with van der Waals surface area (Å²) in [5.41, 5.74) is 1.99. The van der Waals surface area contributed by atoms with Gasteiger partial charge in [0, 0.05) is 11.4 Å². The number of nitrogens with one attached hydrogen (secondary N) is 1. The van der Waals surface area contributed by atoms with Crippen LogP contribution in [0.4, 0.5) is 0 Å². The monoisotopic (exact) mass is 427 g/mol. The molecule has 0 aliphatic heterocycles. The largest absolute Gasteiger partial charge is 0.497 e. The Balaban J connectivity index is 1.56. The SMILES string of the molecule is COc1ccc(OC)c(CCNC(=O)c2ccc(CS(=O)c3cccc(C)c3)o2)c1. The number of carbonyl (C=O) groups excluding carboxylic acids is 1. The Morgan fingerprint density at radius 2 is 1.90 bits per heavy atom. The van der Waals surface area contributed by atoms with Crippen LogP contribution in [-0.4, -0.2) is 30.9 Å². The van der Waals surface area contributed by atoms with Gasteiger partial charge in [-0.15, -0.1) is 0 Å². The van der Waals surface area contributed by atoms with Gasteiger partial charge < -0.3 is 19.2 Å². The van der Waals surface area contributed by atoms with Crippen molar-refractivity contribution in [1.29, 1.82) is 0 Å². The van der Waals surface area contributed by atoms with Crippen LogP contribution < -0.4 is 14.8 Å². The van der Waals surface area contributed by atoms with Gasteiger partial charge in [0.2, 0.25) is 0 Å². The molecule has 0 saturated carbocycles. The molecule has 1 heterocycles. The lowest BCUT2D eigenvalue weighted by atomic mass is 10.1. The van der Waals surface area contributed by atoms with Gasteiger partial charge in [0.05, 0.1) is 30.8 Å². The topological polar surface area (TPSA) is 77.8 Å². The van der Waals surface area contributed by atoms with Crippen LogP contribution in [0.1, 0.15) is 27.4 Å². The first kappa shape index (κ1) is 21.6. The van der Waals surface area contributed by atoms with Crippen molar-refractivity contribution >= 4 is 16.7 Å². The minimum Gasteiger partial charge on any atom is -0.497 e. The van der Waals surface area contributed by atoms with Crippen molar-refractivity contribution in [1.82, 2.24) is 5.32 Å². The summed E-state index contributed by atoms with van der Waals surface area (Å²) in [5, 5.41) is 2.84. The Hall–Kier alpha value is -3.06. The first-order valence-electron chi connectivity index (χ1n) is 9.53. The molecular formula is C23H25NO5S. The summed E-state index contributed by atoms with van der Waals surface area (Å²) in [5.74, 6) is 2.08. The molecule has 6 nitrogen and oxygen atoms in total. The Morgan fingerprint density at radius 1 is 1.07 bits per heavy atom. The average Bonchev–Trinajstić information content (AvgIpc) is 3.22. The number of rotatable bonds is 9. The lowest BCUT2D eigenvalue weighted by Crippen LogP contribution is -2.25. The highest BCUT2D eigenvalue weighted by Crippen LogP contribution is 2.24. The summed E-state index contributed by atoms with van der Waals surface area (Å²) < 4.78 is 28.7. The zero-order valence-corrected chi connectivity index (χ0v) is 18.1. The van der Waals surface area contributed by atoms with Gasteiger partial charge in [-0.05, 0) is 66.9 Å². The Labute approximate surface area is 178 Å². The normalized spacial score (nSPS) is 11.7. The van der Waals surface area contributed by atoms with E-state index in [1.54, 1.807) is 26.4 Å². The molecule has 7 heteroatoms. The second kappa shape index (κ2) is 10.1. The van der Waals surface area contributed by atoms with E-state index in [4.69, 9.17) is 13.9 Å². The molecule has 0 saturated heterocycles. The molecule has 0 radical (unpaired) electrons. The van der Waals surface area contributed by atoms with E-state index in [-0.39, 0.29) is 17.4 Å². The zero-order chi connectivity index (χ0) is 21.5. The highest BCUT2D eigenvalue weighted by atomic mass is 32.2. The molecule has 1 amide bonds. The van der Waals surface area contributed by atoms with Gasteiger partial charge in [0.1, 0.15) is 17.3 Å². The number of aryl methyl sites for hydroxylation is 1. The van der Waals surface area contributed by atoms with Crippen LogP contribution in [0.25, 0.3) is 0 Å². The molecule has 0 aliphatic rings. The number of carbonyl (C=O) groups is 1. The minimum absolute atomic E-state index is 0.198. The summed E-state index contributed by atoms with van der Waals surface area (Å²) in [6.45, 7) is 2.37. The van der Waals surface area contributed by atoms with E-state index in [1.807, 2.05) is 49.4 Å². The third-order valence-electron chi connectivity index (χ3n) is 4.58. The van der Waals surface area contributed by atoms with Crippen molar-refractivity contribution in [2.45, 2.75) is 24.0 Å². The van der Waals surface area contributed by atoms with Gasteiger partial charge in [-0.25, -0.2) is 0 Å². The summed E-state index contributed by atoms with van der Waals surface area (Å²) in [7, 11) is 1.98. The molecule has 1 aromatic heterocycles. The number of hydrogen-bond donors (Lipinski definition) is 1. The maximum atomic E-state index is 12.5. The van der Waals surface area contributed by atoms with E-state index in [1.165, 1.54) is 0 Å². The molecule has 30 heavy (non-hydrogen) atoms. The van der Waals surface area contributed by atoms with Gasteiger partial charge in [0.15, 0.2) is 5.76 Å². The van der Waals surface area contributed by atoms with Crippen LogP contribution in [0.2, 0.25) is 0 Å². The molecule has 3 rings (SSSR count). The Kier molecular flexibility index (Phi) is 7.30. The smallest absolute Gasteiger partial charge is 0.287 e. The second-order valence-corrected chi connectivity index (χ2v) is 8.21. The number of furan rings is 1. The van der Waals surface area contributed by atoms with Crippen LogP contribution >= 0.6 is 0 Å². The predicted octanol–water partition coefficient (Wildman–Crippen LogP) is 3.89. The minimum atomic E-state index is -1.23. The molecule has 1 N–H and O–H groups in total.